The van der Waals surface area contributed by atoms with Crippen LogP contribution in [0.5, 0.6) is 0 Å². The number of oxime groups is 1. The zero-order chi connectivity index (χ0) is 18.4. The van der Waals surface area contributed by atoms with Gasteiger partial charge in [0.25, 0.3) is 5.91 Å². The zero-order valence-corrected chi connectivity index (χ0v) is 13.6. The summed E-state index contributed by atoms with van der Waals surface area (Å²) in [6.45, 7) is 0. The summed E-state index contributed by atoms with van der Waals surface area (Å²) in [4.78, 5) is 12.2. The van der Waals surface area contributed by atoms with Gasteiger partial charge >= 0.3 is 6.18 Å². The van der Waals surface area contributed by atoms with Crippen molar-refractivity contribution in [1.29, 1.82) is 0 Å². The highest BCUT2D eigenvalue weighted by atomic mass is 35.5. The summed E-state index contributed by atoms with van der Waals surface area (Å²) in [7, 11) is 0. The van der Waals surface area contributed by atoms with Gasteiger partial charge < -0.3 is 10.5 Å². The van der Waals surface area contributed by atoms with Gasteiger partial charge in [0.1, 0.15) is 5.71 Å². The van der Waals surface area contributed by atoms with E-state index in [1.54, 1.807) is 18.2 Å². The van der Waals surface area contributed by atoms with Gasteiger partial charge in [0.05, 0.1) is 12.5 Å². The standard InChI is InChI=1S/C17H14ClF3N2O2/c18-13-8-6-12(7-9-13)16(24)22-14(10-17(19,20)21)15(23-25)11-4-2-1-3-5-11/h1-9,14,25H,10H2,(H,22,24). The quantitative estimate of drug-likeness (QED) is 0.469. The van der Waals surface area contributed by atoms with E-state index in [2.05, 4.69) is 10.5 Å². The lowest BCUT2D eigenvalue weighted by molar-refractivity contribution is -0.136. The van der Waals surface area contributed by atoms with Crippen LogP contribution in [0.1, 0.15) is 22.3 Å². The molecule has 0 heterocycles. The molecule has 1 unspecified atom stereocenters. The van der Waals surface area contributed by atoms with Gasteiger partial charge in [-0.1, -0.05) is 47.1 Å². The van der Waals surface area contributed by atoms with E-state index in [4.69, 9.17) is 11.6 Å². The van der Waals surface area contributed by atoms with Gasteiger partial charge in [-0.25, -0.2) is 0 Å². The number of halogens is 4. The van der Waals surface area contributed by atoms with Gasteiger partial charge in [0, 0.05) is 16.1 Å². The summed E-state index contributed by atoms with van der Waals surface area (Å²) in [5.74, 6) is -0.733. The number of alkyl halides is 3. The Morgan fingerprint density at radius 1 is 1.08 bits per heavy atom. The second-order valence-electron chi connectivity index (χ2n) is 5.20. The molecule has 0 bridgehead atoms. The number of carbonyl (C=O) groups excluding carboxylic acids is 1. The Bertz CT molecular complexity index is 747. The predicted molar refractivity (Wildman–Crippen MR) is 88.1 cm³/mol. The first-order valence-electron chi connectivity index (χ1n) is 7.20. The van der Waals surface area contributed by atoms with E-state index in [9.17, 15) is 23.2 Å². The second-order valence-corrected chi connectivity index (χ2v) is 5.64. The number of rotatable bonds is 5. The molecule has 0 radical (unpaired) electrons. The Balaban J connectivity index is 2.29. The molecule has 2 aromatic carbocycles. The van der Waals surface area contributed by atoms with E-state index in [1.165, 1.54) is 36.4 Å². The molecular formula is C17H14ClF3N2O2. The minimum absolute atomic E-state index is 0.141. The Morgan fingerprint density at radius 3 is 2.20 bits per heavy atom. The van der Waals surface area contributed by atoms with E-state index in [-0.39, 0.29) is 16.8 Å². The minimum atomic E-state index is -4.57. The topological polar surface area (TPSA) is 61.7 Å². The van der Waals surface area contributed by atoms with E-state index in [0.717, 1.165) is 0 Å². The highest BCUT2D eigenvalue weighted by molar-refractivity contribution is 6.30. The van der Waals surface area contributed by atoms with Crippen molar-refractivity contribution >= 4 is 23.2 Å². The van der Waals surface area contributed by atoms with Gasteiger partial charge in [-0.3, -0.25) is 4.79 Å². The number of nitrogens with zero attached hydrogens (tertiary/aromatic N) is 1. The fourth-order valence-corrected chi connectivity index (χ4v) is 2.35. The first kappa shape index (κ1) is 18.8. The number of hydrogen-bond donors (Lipinski definition) is 2. The summed E-state index contributed by atoms with van der Waals surface area (Å²) in [6, 6.07) is 12.0. The Kier molecular flexibility index (Phi) is 6.03. The molecule has 2 aromatic rings. The fourth-order valence-electron chi connectivity index (χ4n) is 2.23. The van der Waals surface area contributed by atoms with Crippen LogP contribution in [0.4, 0.5) is 13.2 Å². The molecule has 2 N–H and O–H groups in total. The maximum Gasteiger partial charge on any atom is 0.391 e. The Morgan fingerprint density at radius 2 is 1.68 bits per heavy atom. The molecule has 0 spiro atoms. The number of benzene rings is 2. The molecule has 0 fully saturated rings. The third-order valence-corrected chi connectivity index (χ3v) is 3.61. The highest BCUT2D eigenvalue weighted by Crippen LogP contribution is 2.24. The summed E-state index contributed by atoms with van der Waals surface area (Å²) in [6.07, 6.45) is -5.94. The fraction of sp³-hybridized carbons (Fsp3) is 0.176. The molecule has 0 aromatic heterocycles. The number of amides is 1. The van der Waals surface area contributed by atoms with Crippen LogP contribution in [-0.4, -0.2) is 29.0 Å². The van der Waals surface area contributed by atoms with Crippen LogP contribution in [-0.2, 0) is 0 Å². The Labute approximate surface area is 146 Å². The summed E-state index contributed by atoms with van der Waals surface area (Å²) >= 11 is 5.73. The monoisotopic (exact) mass is 370 g/mol. The Hall–Kier alpha value is -2.54. The normalized spacial score (nSPS) is 13.4. The third kappa shape index (κ3) is 5.49. The van der Waals surface area contributed by atoms with Gasteiger partial charge in [-0.2, -0.15) is 13.2 Å². The SMILES string of the molecule is O=C(NC(CC(F)(F)F)C(=NO)c1ccccc1)c1ccc(Cl)cc1. The van der Waals surface area contributed by atoms with Crippen molar-refractivity contribution in [1.82, 2.24) is 5.32 Å². The molecule has 1 amide bonds. The predicted octanol–water partition coefficient (Wildman–Crippen LogP) is 4.27. The molecule has 132 valence electrons. The lowest BCUT2D eigenvalue weighted by Crippen LogP contribution is -2.44. The molecule has 4 nitrogen and oxygen atoms in total. The van der Waals surface area contributed by atoms with Crippen molar-refractivity contribution in [2.45, 2.75) is 18.6 Å². The van der Waals surface area contributed by atoms with Crippen LogP contribution in [0.15, 0.2) is 59.8 Å². The summed E-state index contributed by atoms with van der Waals surface area (Å²) in [5.41, 5.74) is 0.137. The molecule has 0 aliphatic carbocycles. The van der Waals surface area contributed by atoms with Crippen LogP contribution in [0.2, 0.25) is 5.02 Å². The number of hydrogen-bond acceptors (Lipinski definition) is 3. The van der Waals surface area contributed by atoms with Crippen LogP contribution >= 0.6 is 11.6 Å². The van der Waals surface area contributed by atoms with Gasteiger partial charge in [0.2, 0.25) is 0 Å². The number of carbonyl (C=O) groups is 1. The molecule has 8 heteroatoms. The zero-order valence-electron chi connectivity index (χ0n) is 12.8. The van der Waals surface area contributed by atoms with Crippen molar-refractivity contribution in [3.8, 4) is 0 Å². The average molecular weight is 371 g/mol. The minimum Gasteiger partial charge on any atom is -0.411 e. The van der Waals surface area contributed by atoms with E-state index < -0.39 is 24.5 Å². The molecule has 0 saturated heterocycles. The van der Waals surface area contributed by atoms with Crippen molar-refractivity contribution < 1.29 is 23.2 Å². The molecule has 0 aliphatic heterocycles. The smallest absolute Gasteiger partial charge is 0.391 e. The van der Waals surface area contributed by atoms with Crippen LogP contribution in [0.3, 0.4) is 0 Å². The van der Waals surface area contributed by atoms with E-state index in [0.29, 0.717) is 5.02 Å². The first-order chi connectivity index (χ1) is 11.8. The molecule has 0 saturated carbocycles. The van der Waals surface area contributed by atoms with Gasteiger partial charge in [0.15, 0.2) is 0 Å². The second kappa shape index (κ2) is 8.02. The molecule has 2 rings (SSSR count). The lowest BCUT2D eigenvalue weighted by atomic mass is 10.00. The largest absolute Gasteiger partial charge is 0.411 e. The van der Waals surface area contributed by atoms with Crippen LogP contribution in [0.25, 0.3) is 0 Å². The summed E-state index contributed by atoms with van der Waals surface area (Å²) in [5, 5.41) is 14.9. The van der Waals surface area contributed by atoms with Gasteiger partial charge in [-0.15, -0.1) is 0 Å². The third-order valence-electron chi connectivity index (χ3n) is 3.35. The molecule has 25 heavy (non-hydrogen) atoms. The molecule has 1 atom stereocenters. The first-order valence-corrected chi connectivity index (χ1v) is 7.58. The van der Waals surface area contributed by atoms with E-state index >= 15 is 0 Å². The van der Waals surface area contributed by atoms with Crippen LogP contribution in [0, 0.1) is 0 Å². The average Bonchev–Trinajstić information content (AvgIpc) is 2.55. The van der Waals surface area contributed by atoms with Gasteiger partial charge in [-0.05, 0) is 24.3 Å². The van der Waals surface area contributed by atoms with E-state index in [1.807, 2.05) is 0 Å². The van der Waals surface area contributed by atoms with Crippen molar-refractivity contribution in [2.75, 3.05) is 0 Å². The number of nitrogens with one attached hydrogen (secondary N) is 1. The summed E-state index contributed by atoms with van der Waals surface area (Å²) < 4.78 is 38.8. The van der Waals surface area contributed by atoms with Crippen LogP contribution < -0.4 is 5.32 Å². The van der Waals surface area contributed by atoms with Crippen molar-refractivity contribution in [3.63, 3.8) is 0 Å². The maximum absolute atomic E-state index is 12.9. The van der Waals surface area contributed by atoms with Crippen molar-refractivity contribution in [3.05, 3.63) is 70.7 Å². The lowest BCUT2D eigenvalue weighted by Gasteiger charge is -2.21. The molecule has 0 aliphatic rings. The van der Waals surface area contributed by atoms with Crippen molar-refractivity contribution in [2.24, 2.45) is 5.16 Å². The molecular weight excluding hydrogens is 357 g/mol. The maximum atomic E-state index is 12.9. The highest BCUT2D eigenvalue weighted by Gasteiger charge is 2.36.